The number of piperidine rings is 1. The Morgan fingerprint density at radius 1 is 0.872 bits per heavy atom. The number of hydrogen-bond donors (Lipinski definition) is 2. The Labute approximate surface area is 277 Å². The average molecular weight is 647 g/mol. The Kier molecular flexibility index (Phi) is 9.78. The summed E-state index contributed by atoms with van der Waals surface area (Å²) >= 11 is 0. The van der Waals surface area contributed by atoms with Gasteiger partial charge in [-0.1, -0.05) is 82.2 Å². The molecule has 10 nitrogen and oxygen atoms in total. The van der Waals surface area contributed by atoms with Crippen molar-refractivity contribution in [3.8, 4) is 11.1 Å². The lowest BCUT2D eigenvalue weighted by atomic mass is 9.65. The highest BCUT2D eigenvalue weighted by Crippen LogP contribution is 2.52. The Bertz CT molecular complexity index is 1500. The van der Waals surface area contributed by atoms with Crippen molar-refractivity contribution >= 4 is 17.9 Å². The molecule has 1 spiro atoms. The fraction of sp³-hybridized carbons (Fsp3) is 0.622. The lowest BCUT2D eigenvalue weighted by Gasteiger charge is -2.53. The van der Waals surface area contributed by atoms with Gasteiger partial charge in [-0.2, -0.15) is 0 Å². The molecule has 3 heterocycles. The number of carbonyl (C=O) groups is 3. The molecule has 10 heteroatoms. The van der Waals surface area contributed by atoms with Gasteiger partial charge in [-0.3, -0.25) is 14.4 Å². The zero-order valence-electron chi connectivity index (χ0n) is 27.7. The fourth-order valence-corrected chi connectivity index (χ4v) is 8.90. The van der Waals surface area contributed by atoms with Crippen molar-refractivity contribution in [1.82, 2.24) is 19.3 Å². The number of benzene rings is 1. The van der Waals surface area contributed by atoms with E-state index in [9.17, 15) is 29.4 Å². The molecule has 6 rings (SSSR count). The van der Waals surface area contributed by atoms with E-state index in [4.69, 9.17) is 0 Å². The van der Waals surface area contributed by atoms with Crippen LogP contribution in [0.15, 0.2) is 47.4 Å². The second-order valence-corrected chi connectivity index (χ2v) is 14.7. The number of carboxylic acid groups (broad SMARTS) is 1. The minimum atomic E-state index is -1.21. The molecule has 2 saturated carbocycles. The summed E-state index contributed by atoms with van der Waals surface area (Å²) in [6.45, 7) is 4.01. The number of hydrogen-bond acceptors (Lipinski definition) is 5. The Balaban J connectivity index is 1.26. The van der Waals surface area contributed by atoms with E-state index >= 15 is 0 Å². The molecule has 0 radical (unpaired) electrons. The quantitative estimate of drug-likeness (QED) is 0.433. The molecule has 2 aliphatic heterocycles. The van der Waals surface area contributed by atoms with Crippen molar-refractivity contribution in [2.75, 3.05) is 39.3 Å². The highest BCUT2D eigenvalue weighted by atomic mass is 16.4. The van der Waals surface area contributed by atoms with Crippen molar-refractivity contribution in [3.05, 3.63) is 58.5 Å². The van der Waals surface area contributed by atoms with Crippen molar-refractivity contribution in [2.24, 2.45) is 17.3 Å². The van der Waals surface area contributed by atoms with Crippen molar-refractivity contribution in [1.29, 1.82) is 0 Å². The third-order valence-electron chi connectivity index (χ3n) is 11.7. The van der Waals surface area contributed by atoms with E-state index in [0.29, 0.717) is 36.6 Å². The summed E-state index contributed by atoms with van der Waals surface area (Å²) in [7, 11) is 0. The number of pyridine rings is 1. The first-order chi connectivity index (χ1) is 22.6. The third kappa shape index (κ3) is 6.84. The van der Waals surface area contributed by atoms with Gasteiger partial charge in [0, 0.05) is 68.4 Å². The van der Waals surface area contributed by atoms with Crippen LogP contribution < -0.4 is 5.56 Å². The Hall–Kier alpha value is -3.66. The van der Waals surface area contributed by atoms with E-state index < -0.39 is 17.1 Å². The van der Waals surface area contributed by atoms with Crippen molar-refractivity contribution in [2.45, 2.75) is 89.7 Å². The molecule has 254 valence electrons. The summed E-state index contributed by atoms with van der Waals surface area (Å²) in [5.74, 6) is 0.497. The number of aliphatic hydroxyl groups is 1. The van der Waals surface area contributed by atoms with E-state index in [1.54, 1.807) is 11.1 Å². The summed E-state index contributed by atoms with van der Waals surface area (Å²) in [6.07, 6.45) is 11.6. The van der Waals surface area contributed by atoms with E-state index in [1.165, 1.54) is 47.6 Å². The lowest BCUT2D eigenvalue weighted by Crippen LogP contribution is -2.62. The normalized spacial score (nSPS) is 24.0. The van der Waals surface area contributed by atoms with Gasteiger partial charge in [-0.05, 0) is 37.2 Å². The van der Waals surface area contributed by atoms with Crippen LogP contribution >= 0.6 is 0 Å². The molecule has 2 aliphatic carbocycles. The monoisotopic (exact) mass is 646 g/mol. The first-order valence-corrected chi connectivity index (χ1v) is 17.7. The summed E-state index contributed by atoms with van der Waals surface area (Å²) in [6, 6.07) is 10.8. The zero-order chi connectivity index (χ0) is 33.2. The third-order valence-corrected chi connectivity index (χ3v) is 11.7. The van der Waals surface area contributed by atoms with Gasteiger partial charge < -0.3 is 29.5 Å². The van der Waals surface area contributed by atoms with Gasteiger partial charge in [0.15, 0.2) is 0 Å². The maximum absolute atomic E-state index is 14.0. The number of likely N-dealkylation sites (tertiary alicyclic amines) is 1. The Morgan fingerprint density at radius 3 is 2.19 bits per heavy atom. The topological polar surface area (TPSA) is 123 Å². The van der Waals surface area contributed by atoms with Crippen LogP contribution in [-0.2, 0) is 11.3 Å². The minimum Gasteiger partial charge on any atom is -0.465 e. The van der Waals surface area contributed by atoms with Crippen LogP contribution in [0.2, 0.25) is 0 Å². The predicted octanol–water partition coefficient (Wildman–Crippen LogP) is 5.08. The smallest absolute Gasteiger partial charge is 0.407 e. The van der Waals surface area contributed by atoms with Gasteiger partial charge in [0.25, 0.3) is 11.5 Å². The van der Waals surface area contributed by atoms with E-state index in [1.807, 2.05) is 35.2 Å². The molecule has 1 aromatic heterocycles. The van der Waals surface area contributed by atoms with Gasteiger partial charge in [0.1, 0.15) is 0 Å². The molecule has 3 amide bonds. The van der Waals surface area contributed by atoms with Gasteiger partial charge >= 0.3 is 6.09 Å². The molecule has 2 N–H and O–H groups in total. The molecular weight excluding hydrogens is 596 g/mol. The van der Waals surface area contributed by atoms with Gasteiger partial charge in [0.2, 0.25) is 5.91 Å². The van der Waals surface area contributed by atoms with Crippen molar-refractivity contribution < 1.29 is 24.6 Å². The molecule has 47 heavy (non-hydrogen) atoms. The second-order valence-electron chi connectivity index (χ2n) is 14.7. The van der Waals surface area contributed by atoms with Gasteiger partial charge in [-0.15, -0.1) is 0 Å². The number of carbonyl (C=O) groups excluding carboxylic acids is 2. The highest BCUT2D eigenvalue weighted by Gasteiger charge is 2.56. The zero-order valence-corrected chi connectivity index (χ0v) is 27.7. The van der Waals surface area contributed by atoms with E-state index in [0.717, 1.165) is 37.7 Å². The summed E-state index contributed by atoms with van der Waals surface area (Å²) < 4.78 is 1.50. The van der Waals surface area contributed by atoms with Crippen LogP contribution in [0.4, 0.5) is 4.79 Å². The SMILES string of the molecule is C[C@H](CC1CCCCC1)C(=O)N1CC[C@@](O)(Cn2cc(C(=O)N3CCN(C(=O)O)CC3)c(-c3ccccc3)cc2=O)C2(CCCC2)C1. The predicted molar refractivity (Wildman–Crippen MR) is 179 cm³/mol. The van der Waals surface area contributed by atoms with E-state index in [-0.39, 0.29) is 56.0 Å². The second kappa shape index (κ2) is 13.8. The minimum absolute atomic E-state index is 0.0400. The molecule has 2 atom stereocenters. The van der Waals surface area contributed by atoms with Crippen LogP contribution in [0.3, 0.4) is 0 Å². The highest BCUT2D eigenvalue weighted by molar-refractivity contribution is 6.00. The van der Waals surface area contributed by atoms with Crippen LogP contribution in [0.5, 0.6) is 0 Å². The number of piperazine rings is 1. The standard InChI is InChI=1S/C37H50N4O6/c1-27(22-28-10-4-2-5-11-28)33(43)40-17-16-37(47,36(25-40)14-8-9-15-36)26-41-24-31(30(23-32(41)42)29-12-6-3-7-13-29)34(44)38-18-20-39(21-19-38)35(45)46/h3,6-7,12-13,23-24,27-28,47H,2,4-5,8-11,14-22,25-26H2,1H3,(H,45,46)/t27-,37-/m1/s1. The van der Waals surface area contributed by atoms with Gasteiger partial charge in [-0.25, -0.2) is 4.79 Å². The first-order valence-electron chi connectivity index (χ1n) is 17.7. The molecule has 4 fully saturated rings. The maximum Gasteiger partial charge on any atom is 0.407 e. The largest absolute Gasteiger partial charge is 0.465 e. The number of amides is 3. The number of rotatable bonds is 7. The fourth-order valence-electron chi connectivity index (χ4n) is 8.90. The van der Waals surface area contributed by atoms with Crippen molar-refractivity contribution in [3.63, 3.8) is 0 Å². The summed E-state index contributed by atoms with van der Waals surface area (Å²) in [4.78, 5) is 57.9. The molecule has 2 saturated heterocycles. The molecule has 0 unspecified atom stereocenters. The van der Waals surface area contributed by atoms with Crippen LogP contribution in [-0.4, -0.2) is 92.3 Å². The lowest BCUT2D eigenvalue weighted by molar-refractivity contribution is -0.163. The van der Waals surface area contributed by atoms with Crippen LogP contribution in [0.1, 0.15) is 87.9 Å². The molecule has 2 aromatic rings. The van der Waals surface area contributed by atoms with Crippen LogP contribution in [0.25, 0.3) is 11.1 Å². The molecule has 4 aliphatic rings. The maximum atomic E-state index is 14.0. The van der Waals surface area contributed by atoms with Gasteiger partial charge in [0.05, 0.1) is 17.7 Å². The number of aromatic nitrogens is 1. The Morgan fingerprint density at radius 2 is 1.53 bits per heavy atom. The summed E-state index contributed by atoms with van der Waals surface area (Å²) in [5.41, 5.74) is -0.402. The average Bonchev–Trinajstić information content (AvgIpc) is 3.57. The van der Waals surface area contributed by atoms with Crippen LogP contribution in [0, 0.1) is 17.3 Å². The summed E-state index contributed by atoms with van der Waals surface area (Å²) in [5, 5.41) is 21.9. The number of nitrogens with zero attached hydrogens (tertiary/aromatic N) is 4. The first kappa shape index (κ1) is 33.2. The molecule has 1 aromatic carbocycles. The molecular formula is C37H50N4O6. The molecule has 0 bridgehead atoms. The van der Waals surface area contributed by atoms with E-state index in [2.05, 4.69) is 6.92 Å².